The highest BCUT2D eigenvalue weighted by Crippen LogP contribution is 2.08. The van der Waals surface area contributed by atoms with Crippen molar-refractivity contribution in [2.45, 2.75) is 360 Å². The normalized spacial score (nSPS) is 6.87. The Kier molecular flexibility index (Phi) is 336. The summed E-state index contributed by atoms with van der Waals surface area (Å²) in [6.07, 6.45) is 0. The van der Waals surface area contributed by atoms with E-state index < -0.39 is 0 Å². The molecule has 0 atom stereocenters. The predicted octanol–water partition coefficient (Wildman–Crippen LogP) is 47.8. The van der Waals surface area contributed by atoms with Crippen LogP contribution in [0.25, 0.3) is 0 Å². The van der Waals surface area contributed by atoms with E-state index in [2.05, 4.69) is 194 Å². The molecule has 3 nitrogen and oxygen atoms in total. The molecule has 0 aliphatic rings. The van der Waals surface area contributed by atoms with Gasteiger partial charge in [0.15, 0.2) is 0 Å². The summed E-state index contributed by atoms with van der Waals surface area (Å²) in [7, 11) is 9.75. The molecule has 0 aliphatic heterocycles. The number of ether oxygens (including phenoxy) is 3. The summed E-state index contributed by atoms with van der Waals surface area (Å²) in [4.78, 5) is 0. The maximum atomic E-state index is 4.25. The summed E-state index contributed by atoms with van der Waals surface area (Å²) in [5.74, 6) is 0. The first kappa shape index (κ1) is 192. The van der Waals surface area contributed by atoms with Crippen LogP contribution in [0.3, 0.4) is 0 Å². The molecule has 810 valence electrons. The van der Waals surface area contributed by atoms with E-state index in [9.17, 15) is 0 Å². The minimum absolute atomic E-state index is 0.500. The number of hydrogen-bond acceptors (Lipinski definition) is 3. The average Bonchev–Trinajstić information content (AvgIpc) is 1.03. The molecule has 0 heterocycles. The molecular formula is C137H244O3. The zero-order chi connectivity index (χ0) is 115. The van der Waals surface area contributed by atoms with Gasteiger partial charge in [-0.2, -0.15) is 0 Å². The number of hydrogen-bond donors (Lipinski definition) is 0. The van der Waals surface area contributed by atoms with E-state index in [0.717, 1.165) is 0 Å². The molecule has 0 fully saturated rings. The minimum atomic E-state index is 0.500. The molecule has 0 amide bonds. The molecule has 0 aliphatic carbocycles. The molecule has 13 rings (SSSR count). The van der Waals surface area contributed by atoms with Crippen LogP contribution in [0, 0.1) is 60.8 Å². The molecule has 0 saturated carbocycles. The molecule has 0 N–H and O–H groups in total. The molecule has 0 spiro atoms. The number of methoxy groups -OCH3 is 3. The van der Waals surface area contributed by atoms with E-state index in [1.165, 1.54) is 44.5 Å². The summed E-state index contributed by atoms with van der Waals surface area (Å²) < 4.78 is 12.8. The lowest BCUT2D eigenvalue weighted by Gasteiger charge is -2.05. The Balaban J connectivity index is -0.0000000455. The SMILES string of the molecule is CC.CC.CC.CC.CC.CC.CC.CC.CC.CC.CC.CC.CC.CC.CC.CC.CC.CC.CC.CC.CC(C)(C)C.COC.COC.COC.Cc1ccccc1.Cc1ccccc1.Cc1ccccc1.Cc1ccccc1.Cc1ccccc1.Cc1ccccc1.Cc1ccccc1.Cc1ccccc1.c1ccccc1.c1ccccc1.c1ccccc1.c1ccccc1.c1ccccc1. The second kappa shape index (κ2) is 244. The molecule has 13 aromatic rings. The van der Waals surface area contributed by atoms with Crippen molar-refractivity contribution in [3.05, 3.63) is 469 Å². The van der Waals surface area contributed by atoms with Crippen molar-refractivity contribution in [3.63, 3.8) is 0 Å². The van der Waals surface area contributed by atoms with Gasteiger partial charge in [0.1, 0.15) is 0 Å². The maximum Gasteiger partial charge on any atom is 0.0351 e. The van der Waals surface area contributed by atoms with Crippen LogP contribution in [0.15, 0.2) is 425 Å². The van der Waals surface area contributed by atoms with E-state index in [1.54, 1.807) is 42.7 Å². The zero-order valence-corrected chi connectivity index (χ0v) is 104. The van der Waals surface area contributed by atoms with E-state index in [1.807, 2.05) is 605 Å². The summed E-state index contributed by atoms with van der Waals surface area (Å²) in [6.45, 7) is 105. The van der Waals surface area contributed by atoms with Gasteiger partial charge in [-0.3, -0.25) is 0 Å². The van der Waals surface area contributed by atoms with Crippen molar-refractivity contribution < 1.29 is 14.2 Å². The van der Waals surface area contributed by atoms with E-state index in [0.29, 0.717) is 5.41 Å². The predicted molar refractivity (Wildman–Crippen MR) is 673 cm³/mol. The van der Waals surface area contributed by atoms with Crippen LogP contribution in [0.2, 0.25) is 0 Å². The van der Waals surface area contributed by atoms with Crippen molar-refractivity contribution in [1.29, 1.82) is 0 Å². The second-order valence-corrected chi connectivity index (χ2v) is 23.2. The van der Waals surface area contributed by atoms with Gasteiger partial charge in [0.25, 0.3) is 0 Å². The van der Waals surface area contributed by atoms with Gasteiger partial charge in [-0.25, -0.2) is 0 Å². The smallest absolute Gasteiger partial charge is 0.0351 e. The molecule has 0 saturated heterocycles. The van der Waals surface area contributed by atoms with Crippen molar-refractivity contribution in [2.24, 2.45) is 5.41 Å². The lowest BCUT2D eigenvalue weighted by molar-refractivity contribution is 0.277. The van der Waals surface area contributed by atoms with Gasteiger partial charge < -0.3 is 14.2 Å². The van der Waals surface area contributed by atoms with Gasteiger partial charge in [0.2, 0.25) is 0 Å². The lowest BCUT2D eigenvalue weighted by Crippen LogP contribution is -1.93. The van der Waals surface area contributed by atoms with Crippen molar-refractivity contribution in [1.82, 2.24) is 0 Å². The van der Waals surface area contributed by atoms with Crippen LogP contribution in [-0.4, -0.2) is 42.7 Å². The van der Waals surface area contributed by atoms with Gasteiger partial charge >= 0.3 is 0 Å². The largest absolute Gasteiger partial charge is 0.388 e. The topological polar surface area (TPSA) is 27.7 Å². The first-order valence-electron chi connectivity index (χ1n) is 53.7. The fraction of sp³-hybridized carbons (Fsp3) is 0.431. The van der Waals surface area contributed by atoms with Gasteiger partial charge in [-0.15, -0.1) is 0 Å². The van der Waals surface area contributed by atoms with Crippen LogP contribution in [0.5, 0.6) is 0 Å². The highest BCUT2D eigenvalue weighted by Gasteiger charge is 1.95. The highest BCUT2D eigenvalue weighted by atomic mass is 16.5. The van der Waals surface area contributed by atoms with Crippen LogP contribution < -0.4 is 0 Å². The van der Waals surface area contributed by atoms with Gasteiger partial charge in [-0.1, -0.05) is 774 Å². The highest BCUT2D eigenvalue weighted by molar-refractivity contribution is 5.17. The summed E-state index contributed by atoms with van der Waals surface area (Å²) in [6, 6.07) is 142. The van der Waals surface area contributed by atoms with E-state index >= 15 is 0 Å². The van der Waals surface area contributed by atoms with Crippen LogP contribution >= 0.6 is 0 Å². The molecular weight excluding hydrogens is 1690 g/mol. The van der Waals surface area contributed by atoms with Crippen LogP contribution in [-0.2, 0) is 14.2 Å². The van der Waals surface area contributed by atoms with Gasteiger partial charge in [0, 0.05) is 42.7 Å². The third-order valence-electron chi connectivity index (χ3n) is 10.9. The third kappa shape index (κ3) is 293. The van der Waals surface area contributed by atoms with Crippen LogP contribution in [0.1, 0.15) is 349 Å². The molecule has 0 radical (unpaired) electrons. The number of benzene rings is 13. The van der Waals surface area contributed by atoms with Gasteiger partial charge in [0.05, 0.1) is 0 Å². The molecule has 13 aromatic carbocycles. The molecule has 3 heteroatoms. The second-order valence-electron chi connectivity index (χ2n) is 23.2. The van der Waals surface area contributed by atoms with Crippen molar-refractivity contribution in [2.75, 3.05) is 42.7 Å². The third-order valence-corrected chi connectivity index (χ3v) is 10.9. The lowest BCUT2D eigenvalue weighted by atomic mass is 10.0. The zero-order valence-electron chi connectivity index (χ0n) is 104. The maximum absolute atomic E-state index is 4.25. The number of aryl methyl sites for hydroxylation is 8. The Morgan fingerprint density at radius 3 is 0.150 bits per heavy atom. The Bertz CT molecular complexity index is 2630. The first-order chi connectivity index (χ1) is 68.4. The van der Waals surface area contributed by atoms with E-state index in [4.69, 9.17) is 0 Å². The fourth-order valence-electron chi connectivity index (χ4n) is 6.20. The Labute approximate surface area is 885 Å². The minimum Gasteiger partial charge on any atom is -0.388 e. The average molecular weight is 1940 g/mol. The van der Waals surface area contributed by atoms with E-state index in [-0.39, 0.29) is 0 Å². The standard InChI is InChI=1S/8C7H8.5C6H6.C5H12.3C2H6O.20C2H6/c8*1-7-5-3-2-4-6-7;5*1-2-4-6-5-3-1;1-5(2,3)4;3*1-3-2;20*1-2/h8*2-6H,1H3;5*1-6H;1-4H3;3*1-2H3;20*1-2H3. The van der Waals surface area contributed by atoms with Crippen molar-refractivity contribution in [3.8, 4) is 0 Å². The summed E-state index contributed by atoms with van der Waals surface area (Å²) >= 11 is 0. The Hall–Kier alpha value is -10.3. The number of rotatable bonds is 0. The monoisotopic (exact) mass is 1940 g/mol. The van der Waals surface area contributed by atoms with Crippen molar-refractivity contribution >= 4 is 0 Å². The molecule has 0 unspecified atom stereocenters. The Morgan fingerprint density at radius 1 is 0.100 bits per heavy atom. The summed E-state index contributed by atoms with van der Waals surface area (Å²) in [5, 5.41) is 0. The molecule has 140 heavy (non-hydrogen) atoms. The molecule has 0 aromatic heterocycles. The Morgan fingerprint density at radius 2 is 0.129 bits per heavy atom. The summed E-state index contributed by atoms with van der Waals surface area (Å²) in [5.41, 5.74) is 11.1. The van der Waals surface area contributed by atoms with Gasteiger partial charge in [-0.05, 0) is 60.8 Å². The molecule has 0 bridgehead atoms. The first-order valence-corrected chi connectivity index (χ1v) is 53.7. The fourth-order valence-corrected chi connectivity index (χ4v) is 6.20. The quantitative estimate of drug-likeness (QED) is 0.151. The van der Waals surface area contributed by atoms with Crippen LogP contribution in [0.4, 0.5) is 0 Å².